The average molecular weight is 486 g/mol. The first-order valence-electron chi connectivity index (χ1n) is 10.1. The van der Waals surface area contributed by atoms with Crippen molar-refractivity contribution in [2.45, 2.75) is 32.2 Å². The van der Waals surface area contributed by atoms with Gasteiger partial charge in [-0.1, -0.05) is 30.3 Å². The van der Waals surface area contributed by atoms with Crippen molar-refractivity contribution in [3.8, 4) is 0 Å². The van der Waals surface area contributed by atoms with Crippen LogP contribution in [0.4, 0.5) is 0 Å². The zero-order valence-electron chi connectivity index (χ0n) is 16.8. The van der Waals surface area contributed by atoms with Gasteiger partial charge in [-0.05, 0) is 44.8 Å². The fraction of sp³-hybridized carbons (Fsp3) is 0.667. The number of rotatable bonds is 7. The minimum atomic E-state index is 0. The third-order valence-corrected chi connectivity index (χ3v) is 5.43. The summed E-state index contributed by atoms with van der Waals surface area (Å²) in [4.78, 5) is 9.89. The van der Waals surface area contributed by atoms with Crippen molar-refractivity contribution < 1.29 is 4.74 Å². The predicted octanol–water partition coefficient (Wildman–Crippen LogP) is 3.38. The Morgan fingerprint density at radius 3 is 2.67 bits per heavy atom. The van der Waals surface area contributed by atoms with Gasteiger partial charge in [0.2, 0.25) is 0 Å². The number of nitrogens with zero attached hydrogens (tertiary/aromatic N) is 3. The molecular formula is C21H35IN4O. The van der Waals surface area contributed by atoms with Gasteiger partial charge in [-0.2, -0.15) is 0 Å². The maximum absolute atomic E-state index is 5.53. The Morgan fingerprint density at radius 2 is 2.04 bits per heavy atom. The summed E-state index contributed by atoms with van der Waals surface area (Å²) in [6.45, 7) is 8.98. The molecule has 3 rings (SSSR count). The Bertz CT molecular complexity index is 557. The van der Waals surface area contributed by atoms with Crippen LogP contribution in [0, 0.1) is 5.92 Å². The third kappa shape index (κ3) is 6.61. The summed E-state index contributed by atoms with van der Waals surface area (Å²) >= 11 is 0. The molecule has 2 heterocycles. The Balaban J connectivity index is 0.00000261. The van der Waals surface area contributed by atoms with Gasteiger partial charge in [-0.25, -0.2) is 0 Å². The Labute approximate surface area is 181 Å². The van der Waals surface area contributed by atoms with Crippen molar-refractivity contribution in [1.82, 2.24) is 15.1 Å². The molecule has 2 atom stereocenters. The van der Waals surface area contributed by atoms with E-state index in [1.807, 2.05) is 0 Å². The normalized spacial score (nSPS) is 21.7. The van der Waals surface area contributed by atoms with Crippen LogP contribution >= 0.6 is 24.0 Å². The van der Waals surface area contributed by atoms with E-state index < -0.39 is 0 Å². The molecule has 0 spiro atoms. The van der Waals surface area contributed by atoms with Crippen LogP contribution in [0.3, 0.4) is 0 Å². The molecule has 0 amide bonds. The lowest BCUT2D eigenvalue weighted by atomic mass is 10.1. The maximum atomic E-state index is 5.53. The van der Waals surface area contributed by atoms with Crippen molar-refractivity contribution in [2.24, 2.45) is 10.9 Å². The van der Waals surface area contributed by atoms with Crippen LogP contribution in [0.1, 0.15) is 37.8 Å². The van der Waals surface area contributed by atoms with Crippen molar-refractivity contribution >= 4 is 29.9 Å². The van der Waals surface area contributed by atoms with Crippen LogP contribution in [0.25, 0.3) is 0 Å². The molecule has 27 heavy (non-hydrogen) atoms. The van der Waals surface area contributed by atoms with E-state index in [4.69, 9.17) is 9.73 Å². The Hall–Kier alpha value is -0.860. The summed E-state index contributed by atoms with van der Waals surface area (Å²) in [6, 6.07) is 11.2. The number of nitrogens with one attached hydrogen (secondary N) is 1. The molecule has 6 heteroatoms. The van der Waals surface area contributed by atoms with E-state index in [1.54, 1.807) is 0 Å². The van der Waals surface area contributed by atoms with E-state index in [1.165, 1.54) is 31.5 Å². The highest BCUT2D eigenvalue weighted by Crippen LogP contribution is 2.25. The highest BCUT2D eigenvalue weighted by Gasteiger charge is 2.24. The molecule has 2 aliphatic heterocycles. The maximum Gasteiger partial charge on any atom is 0.193 e. The lowest BCUT2D eigenvalue weighted by Crippen LogP contribution is -2.42. The first-order valence-corrected chi connectivity index (χ1v) is 10.1. The fourth-order valence-corrected chi connectivity index (χ4v) is 4.00. The van der Waals surface area contributed by atoms with Gasteiger partial charge in [0, 0.05) is 32.7 Å². The second-order valence-electron chi connectivity index (χ2n) is 7.47. The monoisotopic (exact) mass is 486 g/mol. The fourth-order valence-electron chi connectivity index (χ4n) is 4.00. The molecule has 2 unspecified atom stereocenters. The van der Waals surface area contributed by atoms with Gasteiger partial charge >= 0.3 is 0 Å². The first-order chi connectivity index (χ1) is 12.8. The van der Waals surface area contributed by atoms with Crippen LogP contribution < -0.4 is 5.32 Å². The molecule has 0 saturated carbocycles. The molecular weight excluding hydrogens is 451 g/mol. The third-order valence-electron chi connectivity index (χ3n) is 5.43. The van der Waals surface area contributed by atoms with Crippen LogP contribution in [-0.4, -0.2) is 68.7 Å². The highest BCUT2D eigenvalue weighted by molar-refractivity contribution is 14.0. The quantitative estimate of drug-likeness (QED) is 0.365. The van der Waals surface area contributed by atoms with Gasteiger partial charge in [0.25, 0.3) is 0 Å². The minimum absolute atomic E-state index is 0. The van der Waals surface area contributed by atoms with Crippen molar-refractivity contribution in [3.05, 3.63) is 35.9 Å². The molecule has 2 saturated heterocycles. The second-order valence-corrected chi connectivity index (χ2v) is 7.47. The molecule has 0 radical (unpaired) electrons. The zero-order chi connectivity index (χ0) is 18.2. The SMILES string of the molecule is CCNC(=NCC(c1ccccc1)N1CCCC1)N(C)CC1CCOC1.I. The van der Waals surface area contributed by atoms with E-state index in [2.05, 4.69) is 59.4 Å². The molecule has 2 aliphatic rings. The van der Waals surface area contributed by atoms with E-state index in [9.17, 15) is 0 Å². The lowest BCUT2D eigenvalue weighted by molar-refractivity contribution is 0.181. The molecule has 1 aromatic carbocycles. The smallest absolute Gasteiger partial charge is 0.193 e. The number of aliphatic imine (C=N–C) groups is 1. The van der Waals surface area contributed by atoms with E-state index in [0.29, 0.717) is 12.0 Å². The molecule has 0 aliphatic carbocycles. The van der Waals surface area contributed by atoms with Crippen LogP contribution in [0.15, 0.2) is 35.3 Å². The van der Waals surface area contributed by atoms with Gasteiger partial charge < -0.3 is 15.0 Å². The minimum Gasteiger partial charge on any atom is -0.381 e. The van der Waals surface area contributed by atoms with Gasteiger partial charge in [-0.15, -0.1) is 24.0 Å². The van der Waals surface area contributed by atoms with Crippen LogP contribution in [0.2, 0.25) is 0 Å². The van der Waals surface area contributed by atoms with E-state index >= 15 is 0 Å². The molecule has 1 N–H and O–H groups in total. The Kier molecular flexibility index (Phi) is 9.86. The largest absolute Gasteiger partial charge is 0.381 e. The standard InChI is InChI=1S/C21H34N4O.HI/c1-3-22-21(24(2)16-18-11-14-26-17-18)23-15-20(25-12-7-8-13-25)19-9-5-4-6-10-19;/h4-6,9-10,18,20H,3,7-8,11-17H2,1-2H3,(H,22,23);1H. The number of hydrogen-bond acceptors (Lipinski definition) is 3. The summed E-state index contributed by atoms with van der Waals surface area (Å²) < 4.78 is 5.53. The number of benzene rings is 1. The predicted molar refractivity (Wildman–Crippen MR) is 123 cm³/mol. The molecule has 0 bridgehead atoms. The van der Waals surface area contributed by atoms with E-state index in [-0.39, 0.29) is 24.0 Å². The van der Waals surface area contributed by atoms with Gasteiger partial charge in [0.15, 0.2) is 5.96 Å². The summed E-state index contributed by atoms with van der Waals surface area (Å²) in [5, 5.41) is 3.47. The Morgan fingerprint density at radius 1 is 1.30 bits per heavy atom. The van der Waals surface area contributed by atoms with Gasteiger partial charge in [0.1, 0.15) is 0 Å². The van der Waals surface area contributed by atoms with Crippen LogP contribution in [-0.2, 0) is 4.74 Å². The van der Waals surface area contributed by atoms with Crippen molar-refractivity contribution in [3.63, 3.8) is 0 Å². The topological polar surface area (TPSA) is 40.1 Å². The van der Waals surface area contributed by atoms with Gasteiger partial charge in [-0.3, -0.25) is 9.89 Å². The summed E-state index contributed by atoms with van der Waals surface area (Å²) in [6.07, 6.45) is 3.76. The highest BCUT2D eigenvalue weighted by atomic mass is 127. The summed E-state index contributed by atoms with van der Waals surface area (Å²) in [7, 11) is 2.15. The number of ether oxygens (including phenoxy) is 1. The number of guanidine groups is 1. The first kappa shape index (κ1) is 22.4. The number of hydrogen-bond donors (Lipinski definition) is 1. The van der Waals surface area contributed by atoms with Crippen molar-refractivity contribution in [2.75, 3.05) is 53.0 Å². The molecule has 5 nitrogen and oxygen atoms in total. The van der Waals surface area contributed by atoms with Crippen molar-refractivity contribution in [1.29, 1.82) is 0 Å². The van der Waals surface area contributed by atoms with Gasteiger partial charge in [0.05, 0.1) is 19.2 Å². The second kappa shape index (κ2) is 11.9. The summed E-state index contributed by atoms with van der Waals surface area (Å²) in [5.74, 6) is 1.63. The van der Waals surface area contributed by atoms with E-state index in [0.717, 1.165) is 45.2 Å². The van der Waals surface area contributed by atoms with Crippen LogP contribution in [0.5, 0.6) is 0 Å². The molecule has 152 valence electrons. The molecule has 2 fully saturated rings. The molecule has 0 aromatic heterocycles. The molecule has 1 aromatic rings. The lowest BCUT2D eigenvalue weighted by Gasteiger charge is -2.29. The zero-order valence-corrected chi connectivity index (χ0v) is 19.1. The average Bonchev–Trinajstić information content (AvgIpc) is 3.36. The summed E-state index contributed by atoms with van der Waals surface area (Å²) in [5.41, 5.74) is 1.38. The number of likely N-dealkylation sites (tertiary alicyclic amines) is 1. The number of halogens is 1.